The van der Waals surface area contributed by atoms with Gasteiger partial charge in [0.15, 0.2) is 0 Å². The van der Waals surface area contributed by atoms with Gasteiger partial charge in [-0.1, -0.05) is 13.0 Å². The van der Waals surface area contributed by atoms with Crippen LogP contribution in [0.4, 0.5) is 0 Å². The Morgan fingerprint density at radius 2 is 2.21 bits per heavy atom. The van der Waals surface area contributed by atoms with Crippen LogP contribution in [0, 0.1) is 5.92 Å². The molecular formula is C16H23NO2. The Morgan fingerprint density at radius 3 is 2.89 bits per heavy atom. The molecule has 1 N–H and O–H groups in total. The lowest BCUT2D eigenvalue weighted by molar-refractivity contribution is 0.129. The summed E-state index contributed by atoms with van der Waals surface area (Å²) in [7, 11) is 1.70. The Labute approximate surface area is 115 Å². The van der Waals surface area contributed by atoms with Crippen molar-refractivity contribution in [3.8, 4) is 11.5 Å². The zero-order valence-corrected chi connectivity index (χ0v) is 11.8. The van der Waals surface area contributed by atoms with Crippen LogP contribution in [-0.4, -0.2) is 19.8 Å². The molecule has 1 fully saturated rings. The molecule has 3 rings (SSSR count). The zero-order chi connectivity index (χ0) is 13.2. The van der Waals surface area contributed by atoms with Gasteiger partial charge in [0.25, 0.3) is 0 Å². The summed E-state index contributed by atoms with van der Waals surface area (Å²) in [5, 5.41) is 3.66. The fourth-order valence-electron chi connectivity index (χ4n) is 2.87. The van der Waals surface area contributed by atoms with E-state index in [1.54, 1.807) is 7.11 Å². The summed E-state index contributed by atoms with van der Waals surface area (Å²) in [5.74, 6) is 2.66. The third-order valence-corrected chi connectivity index (χ3v) is 4.13. The molecule has 0 amide bonds. The van der Waals surface area contributed by atoms with E-state index in [1.807, 2.05) is 12.1 Å². The predicted molar refractivity (Wildman–Crippen MR) is 75.8 cm³/mol. The standard InChI is InChI=1S/C16H23NO2/c1-3-8-17-14-10-15(11-4-5-11)19-16-9-12(18-2)6-7-13(14)16/h6-7,9,11,14-15,17H,3-5,8,10H2,1-2H3. The first-order chi connectivity index (χ1) is 9.31. The maximum absolute atomic E-state index is 6.19. The lowest BCUT2D eigenvalue weighted by Crippen LogP contribution is -2.34. The minimum atomic E-state index is 0.383. The maximum Gasteiger partial charge on any atom is 0.128 e. The molecule has 0 aromatic heterocycles. The van der Waals surface area contributed by atoms with Gasteiger partial charge in [-0.2, -0.15) is 0 Å². The van der Waals surface area contributed by atoms with Crippen molar-refractivity contribution in [2.75, 3.05) is 13.7 Å². The number of methoxy groups -OCH3 is 1. The van der Waals surface area contributed by atoms with Gasteiger partial charge >= 0.3 is 0 Å². The number of hydrogen-bond donors (Lipinski definition) is 1. The topological polar surface area (TPSA) is 30.5 Å². The summed E-state index contributed by atoms with van der Waals surface area (Å²) in [4.78, 5) is 0. The van der Waals surface area contributed by atoms with Gasteiger partial charge < -0.3 is 14.8 Å². The van der Waals surface area contributed by atoms with Gasteiger partial charge in [0.1, 0.15) is 17.6 Å². The highest BCUT2D eigenvalue weighted by molar-refractivity contribution is 5.44. The predicted octanol–water partition coefficient (Wildman–Crippen LogP) is 3.30. The van der Waals surface area contributed by atoms with E-state index in [2.05, 4.69) is 18.3 Å². The van der Waals surface area contributed by atoms with Crippen LogP contribution in [-0.2, 0) is 0 Å². The zero-order valence-electron chi connectivity index (χ0n) is 11.8. The third-order valence-electron chi connectivity index (χ3n) is 4.13. The molecule has 3 nitrogen and oxygen atoms in total. The molecule has 0 spiro atoms. The lowest BCUT2D eigenvalue weighted by atomic mass is 9.94. The molecule has 2 unspecified atom stereocenters. The number of rotatable bonds is 5. The van der Waals surface area contributed by atoms with E-state index in [9.17, 15) is 0 Å². The summed E-state index contributed by atoms with van der Waals surface area (Å²) in [6.07, 6.45) is 5.30. The first-order valence-electron chi connectivity index (χ1n) is 7.39. The van der Waals surface area contributed by atoms with E-state index < -0.39 is 0 Å². The highest BCUT2D eigenvalue weighted by atomic mass is 16.5. The highest BCUT2D eigenvalue weighted by Crippen LogP contribution is 2.44. The number of ether oxygens (including phenoxy) is 2. The van der Waals surface area contributed by atoms with Crippen molar-refractivity contribution >= 4 is 0 Å². The SMILES string of the molecule is CCCNC1CC(C2CC2)Oc2cc(OC)ccc21. The van der Waals surface area contributed by atoms with Crippen LogP contribution >= 0.6 is 0 Å². The quantitative estimate of drug-likeness (QED) is 0.882. The van der Waals surface area contributed by atoms with E-state index >= 15 is 0 Å². The Morgan fingerprint density at radius 1 is 1.37 bits per heavy atom. The van der Waals surface area contributed by atoms with Crippen LogP contribution in [0.15, 0.2) is 18.2 Å². The molecule has 1 aliphatic heterocycles. The molecule has 0 saturated heterocycles. The molecule has 1 aromatic rings. The summed E-state index contributed by atoms with van der Waals surface area (Å²) in [6, 6.07) is 6.63. The van der Waals surface area contributed by atoms with Crippen molar-refractivity contribution in [1.29, 1.82) is 0 Å². The molecule has 19 heavy (non-hydrogen) atoms. The first-order valence-corrected chi connectivity index (χ1v) is 7.39. The largest absolute Gasteiger partial charge is 0.497 e. The van der Waals surface area contributed by atoms with Crippen LogP contribution in [0.5, 0.6) is 11.5 Å². The second kappa shape index (κ2) is 5.41. The van der Waals surface area contributed by atoms with Crippen LogP contribution in [0.3, 0.4) is 0 Å². The Balaban J connectivity index is 1.84. The fourth-order valence-corrected chi connectivity index (χ4v) is 2.87. The Bertz CT molecular complexity index is 442. The molecule has 1 saturated carbocycles. The van der Waals surface area contributed by atoms with Gasteiger partial charge in [-0.25, -0.2) is 0 Å². The van der Waals surface area contributed by atoms with Gasteiger partial charge in [0.2, 0.25) is 0 Å². The molecule has 2 aliphatic rings. The fraction of sp³-hybridized carbons (Fsp3) is 0.625. The molecule has 0 bridgehead atoms. The van der Waals surface area contributed by atoms with Crippen molar-refractivity contribution in [1.82, 2.24) is 5.32 Å². The summed E-state index contributed by atoms with van der Waals surface area (Å²) < 4.78 is 11.5. The van der Waals surface area contributed by atoms with E-state index in [4.69, 9.17) is 9.47 Å². The Kier molecular flexibility index (Phi) is 3.65. The van der Waals surface area contributed by atoms with Crippen LogP contribution in [0.25, 0.3) is 0 Å². The second-order valence-corrected chi connectivity index (χ2v) is 5.64. The minimum Gasteiger partial charge on any atom is -0.497 e. The number of hydrogen-bond acceptors (Lipinski definition) is 3. The van der Waals surface area contributed by atoms with E-state index in [1.165, 1.54) is 18.4 Å². The molecule has 1 aliphatic carbocycles. The smallest absolute Gasteiger partial charge is 0.128 e. The minimum absolute atomic E-state index is 0.383. The normalized spacial score (nSPS) is 25.6. The molecule has 3 heteroatoms. The Hall–Kier alpha value is -1.22. The van der Waals surface area contributed by atoms with Gasteiger partial charge in [-0.3, -0.25) is 0 Å². The van der Waals surface area contributed by atoms with Gasteiger partial charge in [-0.15, -0.1) is 0 Å². The lowest BCUT2D eigenvalue weighted by Gasteiger charge is -2.33. The van der Waals surface area contributed by atoms with Crippen molar-refractivity contribution in [3.05, 3.63) is 23.8 Å². The number of fused-ring (bicyclic) bond motifs is 1. The monoisotopic (exact) mass is 261 g/mol. The van der Waals surface area contributed by atoms with Crippen LogP contribution in [0.2, 0.25) is 0 Å². The van der Waals surface area contributed by atoms with Crippen molar-refractivity contribution in [3.63, 3.8) is 0 Å². The van der Waals surface area contributed by atoms with Crippen molar-refractivity contribution < 1.29 is 9.47 Å². The van der Waals surface area contributed by atoms with Crippen LogP contribution < -0.4 is 14.8 Å². The molecule has 1 aromatic carbocycles. The van der Waals surface area contributed by atoms with E-state index in [-0.39, 0.29) is 0 Å². The molecule has 104 valence electrons. The second-order valence-electron chi connectivity index (χ2n) is 5.64. The average molecular weight is 261 g/mol. The molecule has 0 radical (unpaired) electrons. The first kappa shape index (κ1) is 12.8. The average Bonchev–Trinajstić information content (AvgIpc) is 3.28. The van der Waals surface area contributed by atoms with Gasteiger partial charge in [-0.05, 0) is 37.8 Å². The van der Waals surface area contributed by atoms with E-state index in [0.29, 0.717) is 12.1 Å². The van der Waals surface area contributed by atoms with Gasteiger partial charge in [0.05, 0.1) is 7.11 Å². The van der Waals surface area contributed by atoms with E-state index in [0.717, 1.165) is 36.8 Å². The molecule has 1 heterocycles. The van der Waals surface area contributed by atoms with Crippen molar-refractivity contribution in [2.45, 2.75) is 44.8 Å². The molecular weight excluding hydrogens is 238 g/mol. The number of benzene rings is 1. The highest BCUT2D eigenvalue weighted by Gasteiger charge is 2.38. The summed E-state index contributed by atoms with van der Waals surface area (Å²) in [5.41, 5.74) is 1.28. The van der Waals surface area contributed by atoms with Gasteiger partial charge in [0, 0.05) is 24.1 Å². The van der Waals surface area contributed by atoms with Crippen LogP contribution in [0.1, 0.15) is 44.2 Å². The number of nitrogens with one attached hydrogen (secondary N) is 1. The summed E-state index contributed by atoms with van der Waals surface area (Å²) >= 11 is 0. The van der Waals surface area contributed by atoms with Crippen molar-refractivity contribution in [2.24, 2.45) is 5.92 Å². The third kappa shape index (κ3) is 2.71. The maximum atomic E-state index is 6.19. The molecule has 2 atom stereocenters. The summed E-state index contributed by atoms with van der Waals surface area (Å²) in [6.45, 7) is 3.27.